The minimum Gasteiger partial charge on any atom is -0.489 e. The van der Waals surface area contributed by atoms with Crippen LogP contribution >= 0.6 is 11.6 Å². The molecule has 0 atom stereocenters. The molecule has 1 fully saturated rings. The zero-order valence-electron chi connectivity index (χ0n) is 10.9. The summed E-state index contributed by atoms with van der Waals surface area (Å²) in [6.45, 7) is 2.28. The fourth-order valence-electron chi connectivity index (χ4n) is 2.58. The molecule has 1 aliphatic carbocycles. The predicted octanol–water partition coefficient (Wildman–Crippen LogP) is 4.18. The van der Waals surface area contributed by atoms with E-state index in [4.69, 9.17) is 21.4 Å². The van der Waals surface area contributed by atoms with Crippen LogP contribution in [0.5, 0.6) is 5.75 Å². The molecule has 0 bridgehead atoms. The smallest absolute Gasteiger partial charge is 0.138 e. The Labute approximate surface area is 114 Å². The van der Waals surface area contributed by atoms with Crippen LogP contribution in [0, 0.1) is 5.92 Å². The van der Waals surface area contributed by atoms with E-state index < -0.39 is 0 Å². The van der Waals surface area contributed by atoms with Crippen LogP contribution in [0.15, 0.2) is 18.2 Å². The van der Waals surface area contributed by atoms with Crippen molar-refractivity contribution in [3.63, 3.8) is 0 Å². The first-order valence-electron chi connectivity index (χ1n) is 6.78. The molecule has 18 heavy (non-hydrogen) atoms. The molecule has 0 saturated heterocycles. The predicted molar refractivity (Wildman–Crippen MR) is 74.0 cm³/mol. The monoisotopic (exact) mass is 268 g/mol. The van der Waals surface area contributed by atoms with Gasteiger partial charge in [0.25, 0.3) is 0 Å². The molecule has 2 nitrogen and oxygen atoms in total. The van der Waals surface area contributed by atoms with Gasteiger partial charge in [-0.05, 0) is 49.3 Å². The largest absolute Gasteiger partial charge is 0.489 e. The number of rotatable bonds is 4. The summed E-state index contributed by atoms with van der Waals surface area (Å²) in [7, 11) is 0. The Balaban J connectivity index is 1.94. The maximum atomic E-state index is 9.03. The van der Waals surface area contributed by atoms with Crippen LogP contribution in [0.3, 0.4) is 0 Å². The summed E-state index contributed by atoms with van der Waals surface area (Å²) in [5.41, 5.74) is 0.821. The highest BCUT2D eigenvalue weighted by molar-refractivity contribution is 6.32. The van der Waals surface area contributed by atoms with Crippen LogP contribution in [0.1, 0.15) is 44.6 Å². The highest BCUT2D eigenvalue weighted by Crippen LogP contribution is 2.32. The molecule has 0 amide bonds. The molecule has 1 aliphatic rings. The van der Waals surface area contributed by atoms with Crippen LogP contribution in [0.4, 0.5) is 0 Å². The number of hydrogen-bond acceptors (Lipinski definition) is 2. The first-order chi connectivity index (χ1) is 8.72. The lowest BCUT2D eigenvalue weighted by atomic mass is 9.86. The van der Waals surface area contributed by atoms with E-state index in [1.807, 2.05) is 12.1 Å². The van der Waals surface area contributed by atoms with Crippen molar-refractivity contribution >= 4 is 11.6 Å². The zero-order chi connectivity index (χ0) is 13.0. The van der Waals surface area contributed by atoms with Crippen LogP contribution in [-0.4, -0.2) is 11.2 Å². The lowest BCUT2D eigenvalue weighted by Gasteiger charge is -2.28. The minimum absolute atomic E-state index is 0.0155. The fourth-order valence-corrected chi connectivity index (χ4v) is 2.82. The molecule has 0 aromatic heterocycles. The molecular formula is C15H21ClO2. The molecule has 3 heteroatoms. The molecule has 2 rings (SSSR count). The van der Waals surface area contributed by atoms with Gasteiger partial charge in [-0.1, -0.05) is 31.0 Å². The summed E-state index contributed by atoms with van der Waals surface area (Å²) in [5.74, 6) is 1.62. The van der Waals surface area contributed by atoms with E-state index in [0.29, 0.717) is 11.1 Å². The third-order valence-electron chi connectivity index (χ3n) is 3.84. The normalized spacial score (nSPS) is 23.9. The Morgan fingerprint density at radius 2 is 2.00 bits per heavy atom. The molecule has 0 spiro atoms. The number of halogens is 1. The summed E-state index contributed by atoms with van der Waals surface area (Å²) in [5, 5.41) is 9.63. The van der Waals surface area contributed by atoms with E-state index in [0.717, 1.165) is 30.1 Å². The average molecular weight is 269 g/mol. The first kappa shape index (κ1) is 13.7. The standard InChI is InChI=1S/C15H21ClO2/c1-2-11-3-6-13(7-4-11)18-15-8-5-12(10-17)9-14(15)16/h5,8-9,11,13,17H,2-4,6-7,10H2,1H3. The van der Waals surface area contributed by atoms with Gasteiger partial charge >= 0.3 is 0 Å². The summed E-state index contributed by atoms with van der Waals surface area (Å²) in [4.78, 5) is 0. The summed E-state index contributed by atoms with van der Waals surface area (Å²) in [6.07, 6.45) is 6.33. The lowest BCUT2D eigenvalue weighted by Crippen LogP contribution is -2.24. The van der Waals surface area contributed by atoms with Gasteiger partial charge in [-0.2, -0.15) is 0 Å². The molecule has 1 aromatic carbocycles. The van der Waals surface area contributed by atoms with Gasteiger partial charge in [-0.3, -0.25) is 0 Å². The van der Waals surface area contributed by atoms with E-state index in [1.165, 1.54) is 19.3 Å². The number of benzene rings is 1. The molecule has 1 aromatic rings. The van der Waals surface area contributed by atoms with Gasteiger partial charge in [0.1, 0.15) is 5.75 Å². The maximum absolute atomic E-state index is 9.03. The topological polar surface area (TPSA) is 29.5 Å². The van der Waals surface area contributed by atoms with E-state index in [9.17, 15) is 0 Å². The van der Waals surface area contributed by atoms with Crippen molar-refractivity contribution in [2.75, 3.05) is 0 Å². The molecule has 1 N–H and O–H groups in total. The quantitative estimate of drug-likeness (QED) is 0.888. The third-order valence-corrected chi connectivity index (χ3v) is 4.14. The molecule has 0 radical (unpaired) electrons. The molecular weight excluding hydrogens is 248 g/mol. The first-order valence-corrected chi connectivity index (χ1v) is 7.16. The van der Waals surface area contributed by atoms with Gasteiger partial charge in [0, 0.05) is 0 Å². The average Bonchev–Trinajstić information content (AvgIpc) is 2.42. The molecule has 1 saturated carbocycles. The highest BCUT2D eigenvalue weighted by atomic mass is 35.5. The third kappa shape index (κ3) is 3.39. The summed E-state index contributed by atoms with van der Waals surface area (Å²) < 4.78 is 5.96. The van der Waals surface area contributed by atoms with Crippen molar-refractivity contribution in [1.82, 2.24) is 0 Å². The van der Waals surface area contributed by atoms with Crippen molar-refractivity contribution in [3.05, 3.63) is 28.8 Å². The molecule has 0 heterocycles. The summed E-state index contributed by atoms with van der Waals surface area (Å²) in [6, 6.07) is 5.49. The lowest BCUT2D eigenvalue weighted by molar-refractivity contribution is 0.130. The van der Waals surface area contributed by atoms with E-state index in [1.54, 1.807) is 6.07 Å². The van der Waals surface area contributed by atoms with Gasteiger partial charge in [-0.15, -0.1) is 0 Å². The minimum atomic E-state index is 0.0155. The van der Waals surface area contributed by atoms with Crippen LogP contribution < -0.4 is 4.74 Å². The van der Waals surface area contributed by atoms with E-state index in [2.05, 4.69) is 6.92 Å². The zero-order valence-corrected chi connectivity index (χ0v) is 11.6. The van der Waals surface area contributed by atoms with Crippen LogP contribution in [0.25, 0.3) is 0 Å². The van der Waals surface area contributed by atoms with Gasteiger partial charge in [-0.25, -0.2) is 0 Å². The Hall–Kier alpha value is -0.730. The fraction of sp³-hybridized carbons (Fsp3) is 0.600. The van der Waals surface area contributed by atoms with Gasteiger partial charge in [0.15, 0.2) is 0 Å². The van der Waals surface area contributed by atoms with Gasteiger partial charge in [0.2, 0.25) is 0 Å². The van der Waals surface area contributed by atoms with Crippen LogP contribution in [0.2, 0.25) is 5.02 Å². The molecule has 100 valence electrons. The SMILES string of the molecule is CCC1CCC(Oc2ccc(CO)cc2Cl)CC1. The highest BCUT2D eigenvalue weighted by Gasteiger charge is 2.21. The molecule has 0 aliphatic heterocycles. The maximum Gasteiger partial charge on any atom is 0.138 e. The number of aliphatic hydroxyl groups excluding tert-OH is 1. The van der Waals surface area contributed by atoms with E-state index in [-0.39, 0.29) is 6.61 Å². The Morgan fingerprint density at radius 1 is 1.28 bits per heavy atom. The van der Waals surface area contributed by atoms with Crippen LogP contribution in [-0.2, 0) is 6.61 Å². The van der Waals surface area contributed by atoms with Crippen molar-refractivity contribution in [1.29, 1.82) is 0 Å². The van der Waals surface area contributed by atoms with Crippen molar-refractivity contribution < 1.29 is 9.84 Å². The second-order valence-electron chi connectivity index (χ2n) is 5.09. The van der Waals surface area contributed by atoms with Gasteiger partial charge in [0.05, 0.1) is 17.7 Å². The summed E-state index contributed by atoms with van der Waals surface area (Å²) >= 11 is 6.15. The van der Waals surface area contributed by atoms with Crippen molar-refractivity contribution in [2.24, 2.45) is 5.92 Å². The Morgan fingerprint density at radius 3 is 2.56 bits per heavy atom. The molecule has 0 unspecified atom stereocenters. The second kappa shape index (κ2) is 6.44. The van der Waals surface area contributed by atoms with Crippen molar-refractivity contribution in [2.45, 2.75) is 51.7 Å². The second-order valence-corrected chi connectivity index (χ2v) is 5.50. The Bertz CT molecular complexity index is 384. The van der Waals surface area contributed by atoms with E-state index >= 15 is 0 Å². The number of ether oxygens (including phenoxy) is 1. The van der Waals surface area contributed by atoms with Gasteiger partial charge < -0.3 is 9.84 Å². The van der Waals surface area contributed by atoms with Crippen molar-refractivity contribution in [3.8, 4) is 5.75 Å². The Kier molecular flexibility index (Phi) is 4.90. The number of aliphatic hydroxyl groups is 1. The number of hydrogen-bond donors (Lipinski definition) is 1.